The zero-order valence-corrected chi connectivity index (χ0v) is 27.7. The topological polar surface area (TPSA) is 153 Å². The van der Waals surface area contributed by atoms with Gasteiger partial charge in [0.1, 0.15) is 30.0 Å². The Balaban J connectivity index is 1.59. The van der Waals surface area contributed by atoms with E-state index in [1.165, 1.54) is 0 Å². The summed E-state index contributed by atoms with van der Waals surface area (Å²) in [5.41, 5.74) is 11.2. The van der Waals surface area contributed by atoms with Gasteiger partial charge in [0.25, 0.3) is 0 Å². The maximum atomic E-state index is 12.9. The summed E-state index contributed by atoms with van der Waals surface area (Å²) in [4.78, 5) is 27.9. The van der Waals surface area contributed by atoms with Crippen molar-refractivity contribution in [3.8, 4) is 0 Å². The number of ether oxygens (including phenoxy) is 5. The van der Waals surface area contributed by atoms with Crippen molar-refractivity contribution in [1.82, 2.24) is 10.6 Å². The van der Waals surface area contributed by atoms with E-state index in [1.807, 2.05) is 91.0 Å². The van der Waals surface area contributed by atoms with Crippen molar-refractivity contribution in [1.29, 1.82) is 0 Å². The van der Waals surface area contributed by atoms with Crippen LogP contribution in [0.1, 0.15) is 43.9 Å². The van der Waals surface area contributed by atoms with E-state index in [-0.39, 0.29) is 32.8 Å². The van der Waals surface area contributed by atoms with Gasteiger partial charge < -0.3 is 34.3 Å². The molecule has 1 aliphatic heterocycles. The summed E-state index contributed by atoms with van der Waals surface area (Å²) in [5.74, 6) is -0.430. The molecule has 5 atom stereocenters. The number of amides is 2. The number of alkyl carbamates (subject to hydrolysis) is 1. The lowest BCUT2D eigenvalue weighted by molar-refractivity contribution is -0.264. The summed E-state index contributed by atoms with van der Waals surface area (Å²) in [6.45, 7) is 6.02. The normalized spacial score (nSPS) is 20.7. The second-order valence-corrected chi connectivity index (χ2v) is 12.4. The van der Waals surface area contributed by atoms with Crippen LogP contribution in [0.5, 0.6) is 0 Å². The third kappa shape index (κ3) is 12.3. The molecule has 256 valence electrons. The van der Waals surface area contributed by atoms with Crippen molar-refractivity contribution in [3.05, 3.63) is 118 Å². The standard InChI is InChI=1S/C36H45N5O7/c1-36(2,3)48-35(43)39-22-31(42)38-21-30-33(45-24-27-15-9-5-10-16-27)34(46-25-28-17-11-6-12-18-28)32(29(47-30)19-20-40-41-37)44-23-26-13-7-4-8-14-26/h4-18,29-30,32-34H,19-25H2,1-3H3,(H,38,42)(H,39,43)/t29-,30-,32+,33-,34-/m1/s1. The van der Waals surface area contributed by atoms with Crippen LogP contribution in [0.2, 0.25) is 0 Å². The van der Waals surface area contributed by atoms with Crippen molar-refractivity contribution in [2.24, 2.45) is 5.11 Å². The summed E-state index contributed by atoms with van der Waals surface area (Å²) < 4.78 is 31.6. The van der Waals surface area contributed by atoms with Crippen molar-refractivity contribution >= 4 is 12.0 Å². The zero-order chi connectivity index (χ0) is 34.2. The Morgan fingerprint density at radius 2 is 1.23 bits per heavy atom. The van der Waals surface area contributed by atoms with Crippen molar-refractivity contribution in [3.63, 3.8) is 0 Å². The highest BCUT2D eigenvalue weighted by Gasteiger charge is 2.48. The Morgan fingerprint density at radius 1 is 0.750 bits per heavy atom. The number of carbonyl (C=O) groups is 2. The molecule has 2 N–H and O–H groups in total. The molecule has 12 nitrogen and oxygen atoms in total. The van der Waals surface area contributed by atoms with Gasteiger partial charge in [-0.3, -0.25) is 4.79 Å². The highest BCUT2D eigenvalue weighted by atomic mass is 16.6. The number of nitrogens with one attached hydrogen (secondary N) is 2. The third-order valence-electron chi connectivity index (χ3n) is 7.46. The highest BCUT2D eigenvalue weighted by Crippen LogP contribution is 2.32. The molecule has 4 rings (SSSR count). The van der Waals surface area contributed by atoms with Crippen LogP contribution in [-0.2, 0) is 48.3 Å². The van der Waals surface area contributed by atoms with Gasteiger partial charge in [-0.25, -0.2) is 4.79 Å². The zero-order valence-electron chi connectivity index (χ0n) is 27.7. The predicted octanol–water partition coefficient (Wildman–Crippen LogP) is 5.85. The molecule has 0 spiro atoms. The smallest absolute Gasteiger partial charge is 0.408 e. The van der Waals surface area contributed by atoms with E-state index in [4.69, 9.17) is 29.2 Å². The second kappa shape index (κ2) is 18.8. The van der Waals surface area contributed by atoms with Gasteiger partial charge in [0.15, 0.2) is 0 Å². The number of hydrogen-bond donors (Lipinski definition) is 2. The molecule has 3 aromatic carbocycles. The first-order valence-corrected chi connectivity index (χ1v) is 16.1. The molecule has 12 heteroatoms. The van der Waals surface area contributed by atoms with E-state index >= 15 is 0 Å². The average Bonchev–Trinajstić information content (AvgIpc) is 3.08. The molecule has 0 saturated carbocycles. The van der Waals surface area contributed by atoms with Gasteiger partial charge in [0, 0.05) is 18.0 Å². The van der Waals surface area contributed by atoms with Crippen LogP contribution in [0, 0.1) is 0 Å². The summed E-state index contributed by atoms with van der Waals surface area (Å²) in [6.07, 6.45) is -3.49. The van der Waals surface area contributed by atoms with Gasteiger partial charge in [0.05, 0.1) is 32.5 Å². The third-order valence-corrected chi connectivity index (χ3v) is 7.46. The van der Waals surface area contributed by atoms with E-state index in [2.05, 4.69) is 20.7 Å². The van der Waals surface area contributed by atoms with E-state index in [0.29, 0.717) is 13.0 Å². The Bertz CT molecular complexity index is 1450. The molecule has 0 radical (unpaired) electrons. The fraction of sp³-hybridized carbons (Fsp3) is 0.444. The lowest BCUT2D eigenvalue weighted by Crippen LogP contribution is -2.62. The molecular weight excluding hydrogens is 614 g/mol. The number of nitrogens with zero attached hydrogens (tertiary/aromatic N) is 3. The monoisotopic (exact) mass is 659 g/mol. The van der Waals surface area contributed by atoms with E-state index < -0.39 is 48.1 Å². The summed E-state index contributed by atoms with van der Waals surface area (Å²) in [7, 11) is 0. The summed E-state index contributed by atoms with van der Waals surface area (Å²) in [6, 6.07) is 29.3. The molecule has 1 heterocycles. The molecule has 0 aliphatic carbocycles. The molecule has 0 aromatic heterocycles. The minimum Gasteiger partial charge on any atom is -0.444 e. The number of carbonyl (C=O) groups excluding carboxylic acids is 2. The van der Waals surface area contributed by atoms with Gasteiger partial charge >= 0.3 is 6.09 Å². The maximum Gasteiger partial charge on any atom is 0.408 e. The highest BCUT2D eigenvalue weighted by molar-refractivity contribution is 5.82. The van der Waals surface area contributed by atoms with E-state index in [0.717, 1.165) is 16.7 Å². The van der Waals surface area contributed by atoms with Crippen LogP contribution in [0.25, 0.3) is 10.4 Å². The molecule has 1 fully saturated rings. The quantitative estimate of drug-likeness (QED) is 0.111. The molecule has 3 aromatic rings. The Hall–Kier alpha value is -4.45. The fourth-order valence-electron chi connectivity index (χ4n) is 5.25. The first kappa shape index (κ1) is 36.4. The molecule has 2 amide bonds. The second-order valence-electron chi connectivity index (χ2n) is 12.4. The minimum absolute atomic E-state index is 0.0584. The van der Waals surface area contributed by atoms with E-state index in [1.54, 1.807) is 20.8 Å². The molecule has 1 saturated heterocycles. The van der Waals surface area contributed by atoms with Gasteiger partial charge in [-0.2, -0.15) is 0 Å². The predicted molar refractivity (Wildman–Crippen MR) is 180 cm³/mol. The SMILES string of the molecule is CC(C)(C)OC(=O)NCC(=O)NC[C@H]1O[C@H](CCN=[N+]=[N-])[C@H](OCc2ccccc2)[C@@H](OCc2ccccc2)[C@@H]1OCc1ccccc1. The lowest BCUT2D eigenvalue weighted by atomic mass is 9.92. The van der Waals surface area contributed by atoms with E-state index in [9.17, 15) is 9.59 Å². The van der Waals surface area contributed by atoms with Crippen molar-refractivity contribution in [2.75, 3.05) is 19.6 Å². The van der Waals surface area contributed by atoms with Crippen molar-refractivity contribution < 1.29 is 33.3 Å². The molecule has 0 bridgehead atoms. The van der Waals surface area contributed by atoms with Crippen LogP contribution >= 0.6 is 0 Å². The Morgan fingerprint density at radius 3 is 1.71 bits per heavy atom. The van der Waals surface area contributed by atoms with Gasteiger partial charge in [-0.1, -0.05) is 96.1 Å². The average molecular weight is 660 g/mol. The number of benzene rings is 3. The lowest BCUT2D eigenvalue weighted by Gasteiger charge is -2.46. The number of azide groups is 1. The Kier molecular flexibility index (Phi) is 14.2. The first-order chi connectivity index (χ1) is 23.2. The number of rotatable bonds is 16. The molecule has 0 unspecified atom stereocenters. The van der Waals surface area contributed by atoms with Gasteiger partial charge in [0.2, 0.25) is 5.91 Å². The molecular formula is C36H45N5O7. The van der Waals surface area contributed by atoms with Crippen LogP contribution in [0.15, 0.2) is 96.1 Å². The van der Waals surface area contributed by atoms with Gasteiger partial charge in [-0.15, -0.1) is 0 Å². The summed E-state index contributed by atoms with van der Waals surface area (Å²) >= 11 is 0. The Labute approximate surface area is 281 Å². The fourth-order valence-corrected chi connectivity index (χ4v) is 5.25. The largest absolute Gasteiger partial charge is 0.444 e. The number of hydrogen-bond acceptors (Lipinski definition) is 8. The van der Waals surface area contributed by atoms with Gasteiger partial charge in [-0.05, 0) is 49.4 Å². The van der Waals surface area contributed by atoms with Crippen LogP contribution in [-0.4, -0.2) is 67.8 Å². The van der Waals surface area contributed by atoms with Crippen LogP contribution in [0.3, 0.4) is 0 Å². The molecule has 48 heavy (non-hydrogen) atoms. The van der Waals surface area contributed by atoms with Crippen molar-refractivity contribution in [2.45, 2.75) is 83.1 Å². The van der Waals surface area contributed by atoms with Crippen LogP contribution < -0.4 is 10.6 Å². The first-order valence-electron chi connectivity index (χ1n) is 16.1. The molecule has 1 aliphatic rings. The minimum atomic E-state index is -0.696. The maximum absolute atomic E-state index is 12.9. The summed E-state index contributed by atoms with van der Waals surface area (Å²) in [5, 5.41) is 9.09. The van der Waals surface area contributed by atoms with Crippen LogP contribution in [0.4, 0.5) is 4.79 Å².